The topological polar surface area (TPSA) is 92.3 Å². The summed E-state index contributed by atoms with van der Waals surface area (Å²) in [7, 11) is 7.64. The molecule has 0 spiro atoms. The number of ether oxygens (including phenoxy) is 5. The summed E-state index contributed by atoms with van der Waals surface area (Å²) in [5.74, 6) is 1.12. The van der Waals surface area contributed by atoms with Crippen molar-refractivity contribution in [2.75, 3.05) is 35.5 Å². The summed E-state index contributed by atoms with van der Waals surface area (Å²) in [6.45, 7) is 1.82. The average molecular weight is 494 g/mol. The van der Waals surface area contributed by atoms with E-state index in [0.717, 1.165) is 11.3 Å². The van der Waals surface area contributed by atoms with Gasteiger partial charge >= 0.3 is 5.97 Å². The van der Waals surface area contributed by atoms with Gasteiger partial charge in [-0.3, -0.25) is 4.79 Å². The third kappa shape index (κ3) is 4.39. The van der Waals surface area contributed by atoms with Crippen LogP contribution in [0.5, 0.6) is 23.0 Å². The molecule has 1 aliphatic carbocycles. The minimum absolute atomic E-state index is 0.0488. The average Bonchev–Trinajstić information content (AvgIpc) is 2.90. The Morgan fingerprint density at radius 2 is 1.56 bits per heavy atom. The first-order chi connectivity index (χ1) is 17.4. The summed E-state index contributed by atoms with van der Waals surface area (Å²) in [5, 5.41) is 3.34. The molecule has 0 aromatic heterocycles. The van der Waals surface area contributed by atoms with E-state index in [0.29, 0.717) is 51.8 Å². The molecule has 0 bridgehead atoms. The lowest BCUT2D eigenvalue weighted by Crippen LogP contribution is -2.36. The molecule has 1 heterocycles. The first-order valence-electron chi connectivity index (χ1n) is 11.6. The van der Waals surface area contributed by atoms with E-state index < -0.39 is 11.9 Å². The summed E-state index contributed by atoms with van der Waals surface area (Å²) < 4.78 is 27.0. The lowest BCUT2D eigenvalue weighted by molar-refractivity contribution is -0.136. The van der Waals surface area contributed by atoms with Crippen LogP contribution in [0.1, 0.15) is 42.7 Å². The highest BCUT2D eigenvalue weighted by Gasteiger charge is 2.42. The number of carbonyl (C=O) groups is 2. The Kier molecular flexibility index (Phi) is 7.24. The fourth-order valence-electron chi connectivity index (χ4n) is 5.14. The fraction of sp³-hybridized carbons (Fsp3) is 0.357. The molecule has 8 heteroatoms. The molecule has 190 valence electrons. The maximum absolute atomic E-state index is 13.8. The molecule has 8 nitrogen and oxygen atoms in total. The Bertz CT molecular complexity index is 1260. The molecular weight excluding hydrogens is 462 g/mol. The minimum atomic E-state index is -0.655. The maximum Gasteiger partial charge on any atom is 0.336 e. The first kappa shape index (κ1) is 25.2. The monoisotopic (exact) mass is 493 g/mol. The molecule has 0 amide bonds. The van der Waals surface area contributed by atoms with E-state index in [2.05, 4.69) is 5.32 Å². The molecule has 1 N–H and O–H groups in total. The highest BCUT2D eigenvalue weighted by atomic mass is 16.5. The van der Waals surface area contributed by atoms with Crippen molar-refractivity contribution in [2.45, 2.75) is 31.6 Å². The highest BCUT2D eigenvalue weighted by Crippen LogP contribution is 2.48. The van der Waals surface area contributed by atoms with E-state index in [1.165, 1.54) is 7.11 Å². The van der Waals surface area contributed by atoms with Crippen LogP contribution in [0, 0.1) is 0 Å². The van der Waals surface area contributed by atoms with Crippen LogP contribution in [0.2, 0.25) is 0 Å². The number of Topliss-reactive ketones (excluding diaryl/α,β-unsaturated/α-hetero) is 1. The van der Waals surface area contributed by atoms with Crippen molar-refractivity contribution >= 4 is 11.8 Å². The van der Waals surface area contributed by atoms with Crippen molar-refractivity contribution in [3.05, 3.63) is 70.1 Å². The molecule has 2 aromatic carbocycles. The largest absolute Gasteiger partial charge is 0.497 e. The number of esters is 1. The van der Waals surface area contributed by atoms with E-state index in [4.69, 9.17) is 23.7 Å². The van der Waals surface area contributed by atoms with Crippen LogP contribution in [0.3, 0.4) is 0 Å². The van der Waals surface area contributed by atoms with Crippen LogP contribution >= 0.6 is 0 Å². The number of allylic oxidation sites excluding steroid dienone is 3. The Labute approximate surface area is 210 Å². The molecular formula is C28H31NO7. The van der Waals surface area contributed by atoms with Crippen molar-refractivity contribution in [3.8, 4) is 23.0 Å². The minimum Gasteiger partial charge on any atom is -0.497 e. The van der Waals surface area contributed by atoms with E-state index in [9.17, 15) is 9.59 Å². The second-order valence-electron chi connectivity index (χ2n) is 8.73. The van der Waals surface area contributed by atoms with E-state index >= 15 is 0 Å². The van der Waals surface area contributed by atoms with Crippen LogP contribution < -0.4 is 24.3 Å². The van der Waals surface area contributed by atoms with Crippen molar-refractivity contribution in [1.29, 1.82) is 0 Å². The predicted molar refractivity (Wildman–Crippen MR) is 134 cm³/mol. The van der Waals surface area contributed by atoms with Gasteiger partial charge in [0.1, 0.15) is 11.5 Å². The van der Waals surface area contributed by atoms with Gasteiger partial charge < -0.3 is 29.0 Å². The van der Waals surface area contributed by atoms with Gasteiger partial charge in [-0.25, -0.2) is 4.79 Å². The van der Waals surface area contributed by atoms with Gasteiger partial charge in [-0.05, 0) is 55.2 Å². The third-order valence-corrected chi connectivity index (χ3v) is 6.86. The SMILES string of the molecule is COC(=O)C1=C(C)NC2=C(C(=O)C[C@H](c3ccc(OC)c(OC)c3)C2)[C@H]1c1cc(OC)ccc1OC. The molecule has 0 unspecified atom stereocenters. The number of benzene rings is 2. The van der Waals surface area contributed by atoms with Gasteiger partial charge in [-0.15, -0.1) is 0 Å². The number of carbonyl (C=O) groups excluding carboxylic acids is 2. The summed E-state index contributed by atoms with van der Waals surface area (Å²) >= 11 is 0. The van der Waals surface area contributed by atoms with Gasteiger partial charge in [-0.1, -0.05) is 6.07 Å². The second-order valence-corrected chi connectivity index (χ2v) is 8.73. The molecule has 36 heavy (non-hydrogen) atoms. The van der Waals surface area contributed by atoms with Gasteiger partial charge in [0.25, 0.3) is 0 Å². The Hall–Kier alpha value is -3.94. The van der Waals surface area contributed by atoms with Crippen LogP contribution in [-0.2, 0) is 14.3 Å². The summed E-state index contributed by atoms with van der Waals surface area (Å²) in [5.41, 5.74) is 3.99. The summed E-state index contributed by atoms with van der Waals surface area (Å²) in [6.07, 6.45) is 0.872. The molecule has 0 radical (unpaired) electrons. The van der Waals surface area contributed by atoms with E-state index in [1.54, 1.807) is 40.6 Å². The Morgan fingerprint density at radius 1 is 0.861 bits per heavy atom. The number of methoxy groups -OCH3 is 5. The lowest BCUT2D eigenvalue weighted by atomic mass is 9.71. The molecule has 0 saturated heterocycles. The molecule has 1 aliphatic heterocycles. The number of hydrogen-bond donors (Lipinski definition) is 1. The van der Waals surface area contributed by atoms with Crippen LogP contribution in [0.25, 0.3) is 0 Å². The van der Waals surface area contributed by atoms with Crippen molar-refractivity contribution in [3.63, 3.8) is 0 Å². The number of hydrogen-bond acceptors (Lipinski definition) is 8. The van der Waals surface area contributed by atoms with Crippen molar-refractivity contribution in [2.24, 2.45) is 0 Å². The summed E-state index contributed by atoms with van der Waals surface area (Å²) in [6, 6.07) is 11.1. The normalized spacial score (nSPS) is 19.3. The molecule has 2 aromatic rings. The standard InChI is InChI=1S/C28H31NO7/c1-15-25(28(31)36-6)26(19-14-18(32-2)8-10-22(19)33-3)27-20(29-15)11-17(12-21(27)30)16-7-9-23(34-4)24(13-16)35-5/h7-10,13-14,17,26,29H,11-12H2,1-6H3/t17-,26+/m1/s1. The van der Waals surface area contributed by atoms with Crippen LogP contribution in [0.4, 0.5) is 0 Å². The first-order valence-corrected chi connectivity index (χ1v) is 11.6. The van der Waals surface area contributed by atoms with Crippen molar-refractivity contribution < 1.29 is 33.3 Å². The Morgan fingerprint density at radius 3 is 2.19 bits per heavy atom. The smallest absolute Gasteiger partial charge is 0.336 e. The van der Waals surface area contributed by atoms with Gasteiger partial charge in [0.2, 0.25) is 0 Å². The Balaban J connectivity index is 1.84. The molecule has 4 rings (SSSR count). The highest BCUT2D eigenvalue weighted by molar-refractivity contribution is 6.04. The lowest BCUT2D eigenvalue weighted by Gasteiger charge is -2.37. The quantitative estimate of drug-likeness (QED) is 0.572. The van der Waals surface area contributed by atoms with Gasteiger partial charge in [-0.2, -0.15) is 0 Å². The molecule has 0 fully saturated rings. The van der Waals surface area contributed by atoms with E-state index in [-0.39, 0.29) is 18.1 Å². The van der Waals surface area contributed by atoms with Gasteiger partial charge in [0, 0.05) is 29.0 Å². The fourth-order valence-corrected chi connectivity index (χ4v) is 5.14. The number of ketones is 1. The van der Waals surface area contributed by atoms with E-state index in [1.807, 2.05) is 31.2 Å². The van der Waals surface area contributed by atoms with Crippen LogP contribution in [0.15, 0.2) is 58.9 Å². The second kappa shape index (κ2) is 10.4. The number of rotatable bonds is 7. The maximum atomic E-state index is 13.8. The molecule has 0 saturated carbocycles. The third-order valence-electron chi connectivity index (χ3n) is 6.86. The zero-order valence-electron chi connectivity index (χ0n) is 21.4. The zero-order valence-corrected chi connectivity index (χ0v) is 21.4. The predicted octanol–water partition coefficient (Wildman–Crippen LogP) is 4.26. The summed E-state index contributed by atoms with van der Waals surface area (Å²) in [4.78, 5) is 26.8. The van der Waals surface area contributed by atoms with Gasteiger partial charge in [0.15, 0.2) is 17.3 Å². The molecule has 2 atom stereocenters. The van der Waals surface area contributed by atoms with Gasteiger partial charge in [0.05, 0.1) is 47.0 Å². The van der Waals surface area contributed by atoms with Crippen molar-refractivity contribution in [1.82, 2.24) is 5.32 Å². The number of nitrogens with one attached hydrogen (secondary N) is 1. The van der Waals surface area contributed by atoms with Crippen LogP contribution in [-0.4, -0.2) is 47.3 Å². The zero-order chi connectivity index (χ0) is 26.0. The number of dihydropyridines is 1. The molecule has 2 aliphatic rings.